The Morgan fingerprint density at radius 3 is 2.79 bits per heavy atom. The topological polar surface area (TPSA) is 53.5 Å². The van der Waals surface area contributed by atoms with E-state index in [2.05, 4.69) is 21.7 Å². The number of nitrogens with zero attached hydrogens (tertiary/aromatic N) is 3. The summed E-state index contributed by atoms with van der Waals surface area (Å²) in [5.41, 5.74) is 0. The van der Waals surface area contributed by atoms with Crippen molar-refractivity contribution in [1.29, 1.82) is 0 Å². The highest BCUT2D eigenvalue weighted by Gasteiger charge is 2.28. The van der Waals surface area contributed by atoms with E-state index in [1.165, 1.54) is 38.5 Å². The number of sulfone groups is 1. The monoisotopic (exact) mass is 351 g/mol. The number of anilines is 1. The van der Waals surface area contributed by atoms with Crippen molar-refractivity contribution in [3.05, 3.63) is 18.3 Å². The first-order valence-electron chi connectivity index (χ1n) is 9.09. The third-order valence-corrected chi connectivity index (χ3v) is 6.52. The normalized spacial score (nSPS) is 26.5. The molecule has 0 radical (unpaired) electrons. The molecule has 6 heteroatoms. The number of hydrogen-bond acceptors (Lipinski definition) is 5. The largest absolute Gasteiger partial charge is 0.355 e. The van der Waals surface area contributed by atoms with E-state index in [9.17, 15) is 8.42 Å². The van der Waals surface area contributed by atoms with Gasteiger partial charge in [-0.15, -0.1) is 0 Å². The van der Waals surface area contributed by atoms with Crippen LogP contribution in [0.3, 0.4) is 0 Å². The maximum atomic E-state index is 12.1. The van der Waals surface area contributed by atoms with E-state index in [1.807, 2.05) is 0 Å². The van der Waals surface area contributed by atoms with E-state index in [4.69, 9.17) is 0 Å². The van der Waals surface area contributed by atoms with Crippen LogP contribution in [0.4, 0.5) is 5.82 Å². The summed E-state index contributed by atoms with van der Waals surface area (Å²) in [4.78, 5) is 9.55. The van der Waals surface area contributed by atoms with Crippen LogP contribution in [0.25, 0.3) is 0 Å². The quantitative estimate of drug-likeness (QED) is 0.834. The van der Waals surface area contributed by atoms with E-state index < -0.39 is 9.84 Å². The highest BCUT2D eigenvalue weighted by atomic mass is 32.2. The maximum Gasteiger partial charge on any atom is 0.179 e. The molecule has 0 aliphatic carbocycles. The van der Waals surface area contributed by atoms with Gasteiger partial charge in [0.05, 0.1) is 0 Å². The molecule has 2 fully saturated rings. The number of likely N-dealkylation sites (tertiary alicyclic amines) is 1. The second-order valence-electron chi connectivity index (χ2n) is 7.39. The minimum Gasteiger partial charge on any atom is -0.355 e. The third kappa shape index (κ3) is 4.09. The zero-order chi connectivity index (χ0) is 17.2. The van der Waals surface area contributed by atoms with E-state index in [1.54, 1.807) is 18.3 Å². The van der Waals surface area contributed by atoms with Gasteiger partial charge in [-0.05, 0) is 57.2 Å². The molecule has 134 valence electrons. The first kappa shape index (κ1) is 17.7. The van der Waals surface area contributed by atoms with Crippen molar-refractivity contribution >= 4 is 15.7 Å². The Hall–Kier alpha value is -1.14. The molecule has 0 bridgehead atoms. The summed E-state index contributed by atoms with van der Waals surface area (Å²) in [5, 5.41) is 0. The molecule has 2 aliphatic rings. The van der Waals surface area contributed by atoms with Crippen LogP contribution in [0.1, 0.15) is 39.0 Å². The highest BCUT2D eigenvalue weighted by Crippen LogP contribution is 2.28. The molecular weight excluding hydrogens is 322 g/mol. The smallest absolute Gasteiger partial charge is 0.179 e. The van der Waals surface area contributed by atoms with Crippen molar-refractivity contribution in [2.24, 2.45) is 5.92 Å². The summed E-state index contributed by atoms with van der Waals surface area (Å²) >= 11 is 0. The number of piperidine rings is 2. The van der Waals surface area contributed by atoms with Crippen molar-refractivity contribution < 1.29 is 8.42 Å². The molecule has 3 rings (SSSR count). The van der Waals surface area contributed by atoms with Crippen molar-refractivity contribution in [3.63, 3.8) is 0 Å². The molecule has 0 saturated carbocycles. The summed E-state index contributed by atoms with van der Waals surface area (Å²) < 4.78 is 24.1. The predicted octanol–water partition coefficient (Wildman–Crippen LogP) is 2.58. The molecule has 0 spiro atoms. The van der Waals surface area contributed by atoms with Crippen LogP contribution in [0, 0.1) is 5.92 Å². The molecule has 1 aromatic heterocycles. The fraction of sp³-hybridized carbons (Fsp3) is 0.722. The van der Waals surface area contributed by atoms with Crippen LogP contribution >= 0.6 is 0 Å². The predicted molar refractivity (Wildman–Crippen MR) is 97.2 cm³/mol. The van der Waals surface area contributed by atoms with Gasteiger partial charge in [-0.1, -0.05) is 6.42 Å². The average Bonchev–Trinajstić information content (AvgIpc) is 2.56. The lowest BCUT2D eigenvalue weighted by Crippen LogP contribution is -2.45. The van der Waals surface area contributed by atoms with E-state index in [-0.39, 0.29) is 0 Å². The molecular formula is C18H29N3O2S. The summed E-state index contributed by atoms with van der Waals surface area (Å²) in [7, 11) is -3.25. The van der Waals surface area contributed by atoms with Gasteiger partial charge in [0.2, 0.25) is 0 Å². The summed E-state index contributed by atoms with van der Waals surface area (Å²) in [5.74, 6) is 1.23. The summed E-state index contributed by atoms with van der Waals surface area (Å²) in [6.45, 7) is 6.46. The van der Waals surface area contributed by atoms with Gasteiger partial charge < -0.3 is 9.80 Å². The van der Waals surface area contributed by atoms with Crippen molar-refractivity contribution in [1.82, 2.24) is 9.88 Å². The second kappa shape index (κ2) is 7.40. The fourth-order valence-corrected chi connectivity index (χ4v) is 4.92. The zero-order valence-electron chi connectivity index (χ0n) is 14.8. The molecule has 0 amide bonds. The Labute approximate surface area is 146 Å². The molecule has 3 heterocycles. The minimum atomic E-state index is -3.25. The highest BCUT2D eigenvalue weighted by molar-refractivity contribution is 7.90. The van der Waals surface area contributed by atoms with Crippen LogP contribution in [-0.4, -0.2) is 56.8 Å². The molecule has 0 aromatic carbocycles. The molecule has 2 atom stereocenters. The first-order chi connectivity index (χ1) is 11.4. The maximum absolute atomic E-state index is 12.1. The molecule has 24 heavy (non-hydrogen) atoms. The standard InChI is InChI=1S/C18H29N3O2S/c1-15-7-3-4-11-20(15)13-16-8-6-12-21(14-16)18-17(24(2,22)23)9-5-10-19-18/h5,9-10,15-16H,3-4,6-8,11-14H2,1-2H3. The van der Waals surface area contributed by atoms with Gasteiger partial charge in [0.1, 0.15) is 10.7 Å². The lowest BCUT2D eigenvalue weighted by molar-refractivity contribution is 0.130. The van der Waals surface area contributed by atoms with Crippen molar-refractivity contribution in [3.8, 4) is 0 Å². The fourth-order valence-electron chi connectivity index (χ4n) is 4.08. The Morgan fingerprint density at radius 1 is 1.21 bits per heavy atom. The summed E-state index contributed by atoms with van der Waals surface area (Å²) in [6, 6.07) is 4.06. The van der Waals surface area contributed by atoms with Gasteiger partial charge in [-0.2, -0.15) is 0 Å². The number of aromatic nitrogens is 1. The van der Waals surface area contributed by atoms with Crippen molar-refractivity contribution in [2.45, 2.75) is 50.0 Å². The van der Waals surface area contributed by atoms with Gasteiger partial charge in [-0.3, -0.25) is 0 Å². The van der Waals surface area contributed by atoms with Gasteiger partial charge >= 0.3 is 0 Å². The van der Waals surface area contributed by atoms with E-state index in [0.29, 0.717) is 22.7 Å². The van der Waals surface area contributed by atoms with Crippen molar-refractivity contribution in [2.75, 3.05) is 37.3 Å². The van der Waals surface area contributed by atoms with E-state index >= 15 is 0 Å². The number of pyridine rings is 1. The number of rotatable bonds is 4. The van der Waals surface area contributed by atoms with Crippen LogP contribution in [-0.2, 0) is 9.84 Å². The lowest BCUT2D eigenvalue weighted by Gasteiger charge is -2.40. The first-order valence-corrected chi connectivity index (χ1v) is 11.0. The molecule has 5 nitrogen and oxygen atoms in total. The minimum absolute atomic E-state index is 0.358. The molecule has 2 saturated heterocycles. The summed E-state index contributed by atoms with van der Waals surface area (Å²) in [6.07, 6.45) is 9.24. The van der Waals surface area contributed by atoms with Gasteiger partial charge in [0.25, 0.3) is 0 Å². The Bertz CT molecular complexity index is 662. The molecule has 1 aromatic rings. The molecule has 2 aliphatic heterocycles. The average molecular weight is 352 g/mol. The second-order valence-corrected chi connectivity index (χ2v) is 9.38. The van der Waals surface area contributed by atoms with Crippen LogP contribution < -0.4 is 4.90 Å². The Kier molecular flexibility index (Phi) is 5.45. The van der Waals surface area contributed by atoms with Crippen LogP contribution in [0.2, 0.25) is 0 Å². The molecule has 0 N–H and O–H groups in total. The molecule has 2 unspecified atom stereocenters. The van der Waals surface area contributed by atoms with Gasteiger partial charge in [0, 0.05) is 38.1 Å². The van der Waals surface area contributed by atoms with Crippen LogP contribution in [0.5, 0.6) is 0 Å². The SMILES string of the molecule is CC1CCCCN1CC1CCCN(c2ncccc2S(C)(=O)=O)C1. The zero-order valence-corrected chi connectivity index (χ0v) is 15.6. The van der Waals surface area contributed by atoms with Crippen LogP contribution in [0.15, 0.2) is 23.2 Å². The Morgan fingerprint density at radius 2 is 2.04 bits per heavy atom. The third-order valence-electron chi connectivity index (χ3n) is 5.40. The van der Waals surface area contributed by atoms with Gasteiger partial charge in [0.15, 0.2) is 9.84 Å². The number of hydrogen-bond donors (Lipinski definition) is 0. The lowest BCUT2D eigenvalue weighted by atomic mass is 9.95. The Balaban J connectivity index is 1.72. The van der Waals surface area contributed by atoms with E-state index in [0.717, 1.165) is 26.1 Å². The van der Waals surface area contributed by atoms with Gasteiger partial charge in [-0.25, -0.2) is 13.4 Å².